The Hall–Kier alpha value is -3.82. The molecule has 2 rings (SSSR count). The number of nitrogens with zero attached hydrogens (tertiary/aromatic N) is 1. The monoisotopic (exact) mass is 513 g/mol. The van der Waals surface area contributed by atoms with Crippen LogP contribution in [0.15, 0.2) is 53.6 Å². The van der Waals surface area contributed by atoms with Gasteiger partial charge in [-0.2, -0.15) is 0 Å². The van der Waals surface area contributed by atoms with Gasteiger partial charge in [0.2, 0.25) is 11.8 Å². The van der Waals surface area contributed by atoms with Crippen LogP contribution in [-0.4, -0.2) is 52.1 Å². The molecule has 0 aliphatic heterocycles. The standard InChI is InChI=1S/C27H39N5O5/c1-2-3-4-5-6-10-23(34)32-27(18-22(27)19-11-14-21(33)15-12-19)25(37)31-20(13-16-24(35)36)9-7-8-17-30-26(28)29/h6,10-16,20,22,33H,2-5,7-9,17-18H2,1H3,(H,31,37)(H,32,34)(H,35,36)(H4,28,29,30)/b10-6+,16-13+. The highest BCUT2D eigenvalue weighted by Crippen LogP contribution is 2.52. The van der Waals surface area contributed by atoms with Crippen LogP contribution in [0.5, 0.6) is 5.75 Å². The minimum Gasteiger partial charge on any atom is -0.508 e. The molecule has 8 N–H and O–H groups in total. The molecule has 2 amide bonds. The van der Waals surface area contributed by atoms with Gasteiger partial charge in [-0.25, -0.2) is 4.79 Å². The number of hydrogen-bond donors (Lipinski definition) is 6. The van der Waals surface area contributed by atoms with Crippen LogP contribution in [0.2, 0.25) is 0 Å². The van der Waals surface area contributed by atoms with E-state index in [-0.39, 0.29) is 29.4 Å². The molecule has 0 aromatic heterocycles. The Bertz CT molecular complexity index is 1000. The number of carbonyl (C=O) groups excluding carboxylic acids is 2. The molecular formula is C27H39N5O5. The van der Waals surface area contributed by atoms with E-state index >= 15 is 0 Å². The molecule has 0 saturated heterocycles. The summed E-state index contributed by atoms with van der Waals surface area (Å²) in [5, 5.41) is 24.5. The van der Waals surface area contributed by atoms with E-state index in [2.05, 4.69) is 22.5 Å². The van der Waals surface area contributed by atoms with Gasteiger partial charge in [0.05, 0.1) is 0 Å². The number of rotatable bonds is 16. The number of aliphatic imine (C=N–C) groups is 1. The highest BCUT2D eigenvalue weighted by Gasteiger charge is 2.61. The number of phenols is 1. The maximum absolute atomic E-state index is 13.5. The summed E-state index contributed by atoms with van der Waals surface area (Å²) in [4.78, 5) is 41.3. The SMILES string of the molecule is CCCCC/C=C/C(=O)NC1(C(=O)NC(/C=C/C(=O)O)CCCCN=C(N)N)CC1c1ccc(O)cc1. The lowest BCUT2D eigenvalue weighted by Gasteiger charge is -2.22. The molecule has 0 radical (unpaired) electrons. The molecule has 1 fully saturated rings. The minimum absolute atomic E-state index is 0.00160. The average Bonchev–Trinajstić information content (AvgIpc) is 3.57. The molecular weight excluding hydrogens is 474 g/mol. The van der Waals surface area contributed by atoms with Crippen LogP contribution in [-0.2, 0) is 14.4 Å². The second-order valence-electron chi connectivity index (χ2n) is 9.29. The van der Waals surface area contributed by atoms with Crippen molar-refractivity contribution < 1.29 is 24.6 Å². The third-order valence-electron chi connectivity index (χ3n) is 6.26. The Balaban J connectivity index is 2.15. The predicted molar refractivity (Wildman–Crippen MR) is 143 cm³/mol. The Labute approximate surface area is 217 Å². The van der Waals surface area contributed by atoms with Gasteiger partial charge in [-0.3, -0.25) is 14.6 Å². The number of benzene rings is 1. The van der Waals surface area contributed by atoms with Crippen LogP contribution in [0.3, 0.4) is 0 Å². The topological polar surface area (TPSA) is 180 Å². The van der Waals surface area contributed by atoms with Gasteiger partial charge in [0.15, 0.2) is 5.96 Å². The molecule has 1 aromatic rings. The van der Waals surface area contributed by atoms with Gasteiger partial charge < -0.3 is 32.3 Å². The molecule has 202 valence electrons. The van der Waals surface area contributed by atoms with E-state index in [0.29, 0.717) is 32.2 Å². The summed E-state index contributed by atoms with van der Waals surface area (Å²) in [6, 6.07) is 5.99. The number of nitrogens with two attached hydrogens (primary N) is 2. The van der Waals surface area contributed by atoms with E-state index in [1.807, 2.05) is 6.08 Å². The number of nitrogens with one attached hydrogen (secondary N) is 2. The number of carbonyl (C=O) groups is 3. The number of guanidine groups is 1. The first-order valence-electron chi connectivity index (χ1n) is 12.7. The number of phenolic OH excluding ortho intramolecular Hbond substituents is 1. The van der Waals surface area contributed by atoms with Crippen molar-refractivity contribution in [2.45, 2.75) is 75.8 Å². The lowest BCUT2D eigenvalue weighted by Crippen LogP contribution is -2.52. The van der Waals surface area contributed by atoms with E-state index < -0.39 is 17.6 Å². The van der Waals surface area contributed by atoms with Crippen LogP contribution >= 0.6 is 0 Å². The lowest BCUT2D eigenvalue weighted by molar-refractivity contribution is -0.131. The maximum atomic E-state index is 13.5. The molecule has 0 spiro atoms. The molecule has 0 heterocycles. The number of unbranched alkanes of at least 4 members (excludes halogenated alkanes) is 4. The Kier molecular flexibility index (Phi) is 11.7. The zero-order valence-electron chi connectivity index (χ0n) is 21.4. The maximum Gasteiger partial charge on any atom is 0.328 e. The Morgan fingerprint density at radius 3 is 2.51 bits per heavy atom. The van der Waals surface area contributed by atoms with Crippen LogP contribution in [0.25, 0.3) is 0 Å². The van der Waals surface area contributed by atoms with Gasteiger partial charge in [0.25, 0.3) is 0 Å². The third-order valence-corrected chi connectivity index (χ3v) is 6.26. The van der Waals surface area contributed by atoms with Crippen molar-refractivity contribution in [1.29, 1.82) is 0 Å². The summed E-state index contributed by atoms with van der Waals surface area (Å²) in [6.45, 7) is 2.54. The number of aromatic hydroxyl groups is 1. The fourth-order valence-corrected chi connectivity index (χ4v) is 4.18. The van der Waals surface area contributed by atoms with Crippen molar-refractivity contribution in [3.8, 4) is 5.75 Å². The van der Waals surface area contributed by atoms with Crippen molar-refractivity contribution in [2.24, 2.45) is 16.5 Å². The first-order chi connectivity index (χ1) is 17.7. The molecule has 0 bridgehead atoms. The van der Waals surface area contributed by atoms with E-state index in [1.54, 1.807) is 24.3 Å². The summed E-state index contributed by atoms with van der Waals surface area (Å²) in [7, 11) is 0. The highest BCUT2D eigenvalue weighted by molar-refractivity contribution is 5.99. The van der Waals surface area contributed by atoms with Crippen molar-refractivity contribution in [1.82, 2.24) is 10.6 Å². The molecule has 1 aromatic carbocycles. The van der Waals surface area contributed by atoms with Gasteiger partial charge in [-0.1, -0.05) is 44.1 Å². The van der Waals surface area contributed by atoms with Crippen LogP contribution in [0.4, 0.5) is 0 Å². The van der Waals surface area contributed by atoms with Crippen molar-refractivity contribution in [3.63, 3.8) is 0 Å². The highest BCUT2D eigenvalue weighted by atomic mass is 16.4. The second kappa shape index (κ2) is 14.7. The molecule has 1 saturated carbocycles. The molecule has 1 aliphatic carbocycles. The number of carboxylic acid groups (broad SMARTS) is 1. The summed E-state index contributed by atoms with van der Waals surface area (Å²) >= 11 is 0. The first-order valence-corrected chi connectivity index (χ1v) is 12.7. The van der Waals surface area contributed by atoms with Crippen LogP contribution in [0.1, 0.15) is 69.8 Å². The molecule has 10 heteroatoms. The average molecular weight is 514 g/mol. The minimum atomic E-state index is -1.17. The predicted octanol–water partition coefficient (Wildman–Crippen LogP) is 2.44. The molecule has 3 unspecified atom stereocenters. The van der Waals surface area contributed by atoms with E-state index in [9.17, 15) is 19.5 Å². The number of hydrogen-bond acceptors (Lipinski definition) is 5. The second-order valence-corrected chi connectivity index (χ2v) is 9.29. The molecule has 3 atom stereocenters. The number of aliphatic carboxylic acids is 1. The third kappa shape index (κ3) is 9.98. The smallest absolute Gasteiger partial charge is 0.328 e. The summed E-state index contributed by atoms with van der Waals surface area (Å²) in [6.07, 6.45) is 11.8. The van der Waals surface area contributed by atoms with Gasteiger partial charge >= 0.3 is 5.97 Å². The zero-order valence-corrected chi connectivity index (χ0v) is 21.4. The van der Waals surface area contributed by atoms with E-state index in [1.165, 1.54) is 12.2 Å². The fraction of sp³-hybridized carbons (Fsp3) is 0.481. The van der Waals surface area contributed by atoms with Crippen molar-refractivity contribution in [3.05, 3.63) is 54.1 Å². The summed E-state index contributed by atoms with van der Waals surface area (Å²) < 4.78 is 0. The lowest BCUT2D eigenvalue weighted by atomic mass is 10.0. The summed E-state index contributed by atoms with van der Waals surface area (Å²) in [5.74, 6) is -2.04. The molecule has 37 heavy (non-hydrogen) atoms. The Morgan fingerprint density at radius 1 is 1.14 bits per heavy atom. The molecule has 1 aliphatic rings. The normalized spacial score (nSPS) is 19.4. The Morgan fingerprint density at radius 2 is 1.86 bits per heavy atom. The van der Waals surface area contributed by atoms with Gasteiger partial charge in [0.1, 0.15) is 11.3 Å². The number of amides is 2. The van der Waals surface area contributed by atoms with Crippen molar-refractivity contribution in [2.75, 3.05) is 6.54 Å². The number of allylic oxidation sites excluding steroid dienone is 1. The van der Waals surface area contributed by atoms with E-state index in [0.717, 1.165) is 37.3 Å². The quantitative estimate of drug-likeness (QED) is 0.0849. The van der Waals surface area contributed by atoms with Gasteiger partial charge in [-0.15, -0.1) is 0 Å². The first kappa shape index (κ1) is 29.4. The van der Waals surface area contributed by atoms with E-state index in [4.69, 9.17) is 16.6 Å². The van der Waals surface area contributed by atoms with Crippen molar-refractivity contribution >= 4 is 23.7 Å². The number of carboxylic acids is 1. The largest absolute Gasteiger partial charge is 0.508 e. The summed E-state index contributed by atoms with van der Waals surface area (Å²) in [5.41, 5.74) is 10.3. The van der Waals surface area contributed by atoms with Gasteiger partial charge in [-0.05, 0) is 62.3 Å². The zero-order chi connectivity index (χ0) is 27.3. The van der Waals surface area contributed by atoms with Crippen LogP contribution in [0, 0.1) is 0 Å². The molecule has 10 nitrogen and oxygen atoms in total. The van der Waals surface area contributed by atoms with Gasteiger partial charge in [0, 0.05) is 24.6 Å². The van der Waals surface area contributed by atoms with Crippen LogP contribution < -0.4 is 22.1 Å². The fourth-order valence-electron chi connectivity index (χ4n) is 4.18.